The third kappa shape index (κ3) is 2.19. The molecule has 3 atom stereocenters. The highest BCUT2D eigenvalue weighted by Crippen LogP contribution is 2.41. The van der Waals surface area contributed by atoms with Crippen molar-refractivity contribution in [1.82, 2.24) is 4.90 Å². The van der Waals surface area contributed by atoms with Crippen LogP contribution in [0.1, 0.15) is 51.6 Å². The van der Waals surface area contributed by atoms with Gasteiger partial charge in [0.1, 0.15) is 11.5 Å². The molecule has 1 heterocycles. The third-order valence-electron chi connectivity index (χ3n) is 4.24. The first kappa shape index (κ1) is 13.2. The Kier molecular flexibility index (Phi) is 3.81. The average Bonchev–Trinajstić information content (AvgIpc) is 2.70. The van der Waals surface area contributed by atoms with E-state index in [4.69, 9.17) is 0 Å². The molecule has 3 nitrogen and oxygen atoms in total. The molecule has 0 spiro atoms. The number of rotatable bonds is 3. The number of hydrogen-bond acceptors (Lipinski definition) is 3. The van der Waals surface area contributed by atoms with E-state index in [1.54, 1.807) is 18.2 Å². The largest absolute Gasteiger partial charge is 0.507 e. The number of phenols is 2. The Hall–Kier alpha value is -1.22. The summed E-state index contributed by atoms with van der Waals surface area (Å²) in [6.45, 7) is 6.50. The van der Waals surface area contributed by atoms with Crippen molar-refractivity contribution < 1.29 is 10.2 Å². The van der Waals surface area contributed by atoms with Crippen LogP contribution in [0.3, 0.4) is 0 Å². The Morgan fingerprint density at radius 1 is 1.28 bits per heavy atom. The van der Waals surface area contributed by atoms with E-state index >= 15 is 0 Å². The number of hydrogen-bond donors (Lipinski definition) is 2. The van der Waals surface area contributed by atoms with Crippen LogP contribution in [0, 0.1) is 0 Å². The van der Waals surface area contributed by atoms with Crippen LogP contribution in [0.4, 0.5) is 0 Å². The number of nitrogens with zero attached hydrogens (tertiary/aromatic N) is 1. The summed E-state index contributed by atoms with van der Waals surface area (Å²) in [7, 11) is 0. The summed E-state index contributed by atoms with van der Waals surface area (Å²) >= 11 is 0. The lowest BCUT2D eigenvalue weighted by atomic mass is 10.0. The van der Waals surface area contributed by atoms with Gasteiger partial charge in [0.2, 0.25) is 0 Å². The topological polar surface area (TPSA) is 43.7 Å². The van der Waals surface area contributed by atoms with Crippen LogP contribution in [0.2, 0.25) is 0 Å². The maximum absolute atomic E-state index is 9.98. The van der Waals surface area contributed by atoms with Gasteiger partial charge in [-0.05, 0) is 45.2 Å². The molecule has 1 aromatic carbocycles. The van der Waals surface area contributed by atoms with Gasteiger partial charge in [0.25, 0.3) is 0 Å². The molecule has 0 amide bonds. The highest BCUT2D eigenvalue weighted by atomic mass is 16.3. The monoisotopic (exact) mass is 249 g/mol. The van der Waals surface area contributed by atoms with E-state index in [1.165, 1.54) is 12.8 Å². The molecule has 0 saturated carbocycles. The van der Waals surface area contributed by atoms with E-state index < -0.39 is 0 Å². The second-order valence-electron chi connectivity index (χ2n) is 5.32. The Balaban J connectivity index is 2.33. The minimum atomic E-state index is 0.0497. The zero-order valence-electron chi connectivity index (χ0n) is 11.4. The molecule has 1 aliphatic rings. The SMILES string of the molecule is CCC1CCC(C)N1C(C)c1c(O)cccc1O. The molecule has 2 rings (SSSR count). The summed E-state index contributed by atoms with van der Waals surface area (Å²) in [4.78, 5) is 2.43. The van der Waals surface area contributed by atoms with Crippen molar-refractivity contribution in [3.05, 3.63) is 23.8 Å². The van der Waals surface area contributed by atoms with E-state index in [9.17, 15) is 10.2 Å². The van der Waals surface area contributed by atoms with E-state index in [2.05, 4.69) is 25.7 Å². The second-order valence-corrected chi connectivity index (χ2v) is 5.32. The van der Waals surface area contributed by atoms with Gasteiger partial charge in [-0.2, -0.15) is 0 Å². The molecule has 0 bridgehead atoms. The van der Waals surface area contributed by atoms with Crippen LogP contribution < -0.4 is 0 Å². The highest BCUT2D eigenvalue weighted by Gasteiger charge is 2.35. The van der Waals surface area contributed by atoms with Gasteiger partial charge in [-0.3, -0.25) is 4.90 Å². The van der Waals surface area contributed by atoms with Crippen molar-refractivity contribution in [1.29, 1.82) is 0 Å². The van der Waals surface area contributed by atoms with Gasteiger partial charge in [0, 0.05) is 18.1 Å². The fourth-order valence-electron chi connectivity index (χ4n) is 3.32. The molecule has 18 heavy (non-hydrogen) atoms. The van der Waals surface area contributed by atoms with Crippen molar-refractivity contribution in [3.63, 3.8) is 0 Å². The molecular formula is C15H23NO2. The van der Waals surface area contributed by atoms with Crippen LogP contribution in [0.25, 0.3) is 0 Å². The summed E-state index contributed by atoms with van der Waals surface area (Å²) in [6.07, 6.45) is 3.51. The molecule has 100 valence electrons. The fourth-order valence-corrected chi connectivity index (χ4v) is 3.32. The molecule has 0 aromatic heterocycles. The molecule has 0 radical (unpaired) electrons. The molecule has 2 N–H and O–H groups in total. The van der Waals surface area contributed by atoms with Crippen molar-refractivity contribution in [2.45, 2.75) is 58.2 Å². The quantitative estimate of drug-likeness (QED) is 0.862. The van der Waals surface area contributed by atoms with Gasteiger partial charge in [-0.15, -0.1) is 0 Å². The predicted molar refractivity (Wildman–Crippen MR) is 72.8 cm³/mol. The standard InChI is InChI=1S/C15H23NO2/c1-4-12-9-8-10(2)16(12)11(3)15-13(17)6-5-7-14(15)18/h5-7,10-12,17-18H,4,8-9H2,1-3H3. The van der Waals surface area contributed by atoms with Crippen LogP contribution in [0.5, 0.6) is 11.5 Å². The molecule has 1 aliphatic heterocycles. The van der Waals surface area contributed by atoms with Gasteiger partial charge >= 0.3 is 0 Å². The second kappa shape index (κ2) is 5.19. The normalized spacial score (nSPS) is 26.4. The average molecular weight is 249 g/mol. The van der Waals surface area contributed by atoms with Crippen molar-refractivity contribution in [2.24, 2.45) is 0 Å². The third-order valence-corrected chi connectivity index (χ3v) is 4.24. The molecule has 1 fully saturated rings. The zero-order valence-corrected chi connectivity index (χ0v) is 11.4. The number of phenolic OH excluding ortho intramolecular Hbond substituents is 2. The van der Waals surface area contributed by atoms with Crippen LogP contribution in [-0.2, 0) is 0 Å². The summed E-state index contributed by atoms with van der Waals surface area (Å²) in [5, 5.41) is 20.0. The van der Waals surface area contributed by atoms with E-state index in [1.807, 2.05) is 0 Å². The van der Waals surface area contributed by atoms with Gasteiger partial charge in [0.15, 0.2) is 0 Å². The van der Waals surface area contributed by atoms with Crippen molar-refractivity contribution in [2.75, 3.05) is 0 Å². The highest BCUT2D eigenvalue weighted by molar-refractivity contribution is 5.45. The minimum absolute atomic E-state index is 0.0497. The van der Waals surface area contributed by atoms with Gasteiger partial charge in [0.05, 0.1) is 5.56 Å². The molecule has 1 saturated heterocycles. The van der Waals surface area contributed by atoms with Crippen molar-refractivity contribution >= 4 is 0 Å². The van der Waals surface area contributed by atoms with Crippen LogP contribution in [-0.4, -0.2) is 27.2 Å². The molecule has 1 aromatic rings. The lowest BCUT2D eigenvalue weighted by Gasteiger charge is -2.34. The molecular weight excluding hydrogens is 226 g/mol. The predicted octanol–water partition coefficient (Wildman–Crippen LogP) is 3.42. The molecule has 3 unspecified atom stereocenters. The van der Waals surface area contributed by atoms with Crippen LogP contribution >= 0.6 is 0 Å². The summed E-state index contributed by atoms with van der Waals surface area (Å²) in [5.41, 5.74) is 0.657. The first-order valence-electron chi connectivity index (χ1n) is 6.84. The molecule has 3 heteroatoms. The Labute approximate surface area is 109 Å². The maximum atomic E-state index is 9.98. The fraction of sp³-hybridized carbons (Fsp3) is 0.600. The first-order valence-corrected chi connectivity index (χ1v) is 6.84. The van der Waals surface area contributed by atoms with E-state index in [0.29, 0.717) is 17.6 Å². The van der Waals surface area contributed by atoms with E-state index in [-0.39, 0.29) is 17.5 Å². The maximum Gasteiger partial charge on any atom is 0.124 e. The van der Waals surface area contributed by atoms with Gasteiger partial charge in [-0.1, -0.05) is 13.0 Å². The summed E-state index contributed by atoms with van der Waals surface area (Å²) in [5.74, 6) is 0.382. The molecule has 0 aliphatic carbocycles. The minimum Gasteiger partial charge on any atom is -0.507 e. The Bertz CT molecular complexity index is 399. The van der Waals surface area contributed by atoms with Crippen molar-refractivity contribution in [3.8, 4) is 11.5 Å². The zero-order chi connectivity index (χ0) is 13.3. The van der Waals surface area contributed by atoms with Gasteiger partial charge in [-0.25, -0.2) is 0 Å². The number of likely N-dealkylation sites (tertiary alicyclic amines) is 1. The Morgan fingerprint density at radius 2 is 1.89 bits per heavy atom. The number of aromatic hydroxyl groups is 2. The van der Waals surface area contributed by atoms with Crippen LogP contribution in [0.15, 0.2) is 18.2 Å². The first-order chi connectivity index (χ1) is 8.56. The summed E-state index contributed by atoms with van der Waals surface area (Å²) < 4.78 is 0. The lowest BCUT2D eigenvalue weighted by molar-refractivity contribution is 0.139. The van der Waals surface area contributed by atoms with Gasteiger partial charge < -0.3 is 10.2 Å². The lowest BCUT2D eigenvalue weighted by Crippen LogP contribution is -2.36. The smallest absolute Gasteiger partial charge is 0.124 e. The summed E-state index contributed by atoms with van der Waals surface area (Å²) in [6, 6.07) is 6.07. The number of benzene rings is 1. The Morgan fingerprint density at radius 3 is 2.44 bits per heavy atom. The van der Waals surface area contributed by atoms with E-state index in [0.717, 1.165) is 6.42 Å².